The molecule has 4 aromatic carbocycles. The Bertz CT molecular complexity index is 2640. The Hall–Kier alpha value is -5.37. The number of carbonyl (C=O) groups is 5. The van der Waals surface area contributed by atoms with Crippen LogP contribution in [-0.2, 0) is 57.0 Å². The molecule has 0 bridgehead atoms. The number of methoxy groups -OCH3 is 1. The van der Waals surface area contributed by atoms with Gasteiger partial charge in [-0.05, 0) is 143 Å². The maximum Gasteiger partial charge on any atom is 0.337 e. The van der Waals surface area contributed by atoms with E-state index in [1.54, 1.807) is 69.3 Å². The highest BCUT2D eigenvalue weighted by Crippen LogP contribution is 2.28. The highest BCUT2D eigenvalue weighted by atomic mass is 35.5. The fraction of sp³-hybridized carbons (Fsp3) is 0.396. The summed E-state index contributed by atoms with van der Waals surface area (Å²) >= 11 is 11.9. The van der Waals surface area contributed by atoms with E-state index in [4.69, 9.17) is 32.7 Å². The van der Waals surface area contributed by atoms with E-state index in [1.807, 2.05) is 0 Å². The van der Waals surface area contributed by atoms with Crippen molar-refractivity contribution in [2.75, 3.05) is 26.7 Å². The number of hydrogen-bond acceptors (Lipinski definition) is 11. The Morgan fingerprint density at radius 2 is 1.12 bits per heavy atom. The molecule has 2 saturated heterocycles. The summed E-state index contributed by atoms with van der Waals surface area (Å²) < 4.78 is 66.8. The van der Waals surface area contributed by atoms with Crippen LogP contribution in [0.1, 0.15) is 97.6 Å². The molecule has 2 atom stereocenters. The Balaban J connectivity index is 0.000000261. The van der Waals surface area contributed by atoms with Crippen LogP contribution in [0.25, 0.3) is 0 Å². The van der Waals surface area contributed by atoms with Gasteiger partial charge >= 0.3 is 11.9 Å². The number of ether oxygens (including phenoxy) is 2. The van der Waals surface area contributed by atoms with Crippen molar-refractivity contribution in [3.05, 3.63) is 129 Å². The van der Waals surface area contributed by atoms with Gasteiger partial charge in [0.1, 0.15) is 17.7 Å². The molecule has 0 aliphatic carbocycles. The second kappa shape index (κ2) is 24.3. The van der Waals surface area contributed by atoms with Gasteiger partial charge in [-0.15, -0.1) is 0 Å². The number of rotatable bonds is 15. The van der Waals surface area contributed by atoms with E-state index < -0.39 is 55.6 Å². The third-order valence-electron chi connectivity index (χ3n) is 10.8. The van der Waals surface area contributed by atoms with Gasteiger partial charge in [0.05, 0.1) is 28.9 Å². The molecule has 2 unspecified atom stereocenters. The van der Waals surface area contributed by atoms with Gasteiger partial charge in [-0.3, -0.25) is 19.2 Å². The topological polar surface area (TPSA) is 215 Å². The predicted octanol–water partition coefficient (Wildman–Crippen LogP) is 6.65. The first-order chi connectivity index (χ1) is 32.2. The summed E-state index contributed by atoms with van der Waals surface area (Å²) in [6, 6.07) is 23.0. The molecule has 366 valence electrons. The monoisotopic (exact) mass is 1010 g/mol. The number of benzene rings is 4. The van der Waals surface area contributed by atoms with E-state index in [9.17, 15) is 40.8 Å². The van der Waals surface area contributed by atoms with Gasteiger partial charge in [-0.2, -0.15) is 8.61 Å². The third-order valence-corrected chi connectivity index (χ3v) is 15.0. The van der Waals surface area contributed by atoms with Gasteiger partial charge in [-0.1, -0.05) is 47.5 Å². The van der Waals surface area contributed by atoms with E-state index >= 15 is 0 Å². The van der Waals surface area contributed by atoms with E-state index in [1.165, 1.54) is 64.3 Å². The molecule has 0 radical (unpaired) electrons. The molecule has 68 heavy (non-hydrogen) atoms. The molecule has 2 aliphatic rings. The zero-order chi connectivity index (χ0) is 49.6. The van der Waals surface area contributed by atoms with E-state index in [2.05, 4.69) is 16.0 Å². The number of nitrogens with zero attached hydrogens (tertiary/aromatic N) is 2. The van der Waals surface area contributed by atoms with Gasteiger partial charge in [0.15, 0.2) is 0 Å². The van der Waals surface area contributed by atoms with Gasteiger partial charge in [-0.25, -0.2) is 21.6 Å². The lowest BCUT2D eigenvalue weighted by Crippen LogP contribution is -2.48. The lowest BCUT2D eigenvalue weighted by molar-refractivity contribution is -0.154. The maximum atomic E-state index is 13.7. The molecule has 3 amide bonds. The van der Waals surface area contributed by atoms with Crippen LogP contribution in [0.15, 0.2) is 107 Å². The minimum atomic E-state index is -4.07. The smallest absolute Gasteiger partial charge is 0.337 e. The van der Waals surface area contributed by atoms with Crippen molar-refractivity contribution in [2.24, 2.45) is 0 Å². The summed E-state index contributed by atoms with van der Waals surface area (Å²) in [6.45, 7) is 6.23. The van der Waals surface area contributed by atoms with E-state index in [-0.39, 0.29) is 47.7 Å². The molecular weight excluding hydrogens is 958 g/mol. The lowest BCUT2D eigenvalue weighted by atomic mass is 10.1. The van der Waals surface area contributed by atoms with Gasteiger partial charge in [0.2, 0.25) is 31.9 Å². The molecule has 0 aromatic heterocycles. The average molecular weight is 1020 g/mol. The van der Waals surface area contributed by atoms with Crippen LogP contribution in [0.4, 0.5) is 0 Å². The predicted molar refractivity (Wildman–Crippen MR) is 257 cm³/mol. The largest absolute Gasteiger partial charge is 0.465 e. The molecule has 3 N–H and O–H groups in total. The quantitative estimate of drug-likeness (QED) is 0.107. The van der Waals surface area contributed by atoms with Crippen molar-refractivity contribution in [3.63, 3.8) is 0 Å². The van der Waals surface area contributed by atoms with Crippen molar-refractivity contribution in [3.8, 4) is 0 Å². The van der Waals surface area contributed by atoms with Crippen molar-refractivity contribution < 1.29 is 50.3 Å². The molecule has 0 saturated carbocycles. The number of sulfonamides is 2. The molecule has 0 spiro atoms. The minimum absolute atomic E-state index is 0.0204. The van der Waals surface area contributed by atoms with Crippen molar-refractivity contribution in [1.29, 1.82) is 0 Å². The first-order valence-electron chi connectivity index (χ1n) is 22.1. The maximum absolute atomic E-state index is 13.7. The lowest BCUT2D eigenvalue weighted by Gasteiger charge is -2.29. The normalized spacial score (nSPS) is 16.8. The van der Waals surface area contributed by atoms with Crippen LogP contribution in [0, 0.1) is 0 Å². The Morgan fingerprint density at radius 3 is 1.56 bits per heavy atom. The zero-order valence-electron chi connectivity index (χ0n) is 38.3. The first-order valence-corrected chi connectivity index (χ1v) is 25.7. The standard InChI is InChI=1S/C27H34ClN3O6S.C21H23ClN2O5S/c1-27(2,3)37-24(32)14-16-30-25(33)20-8-6-7-19(17-20)18-31(23-9-4-5-15-29-26(23)34)38(35,36)22-12-10-21(28)11-13-22;1-29-21(26)16-6-4-5-15(13-16)14-24(19-7-2-3-12-23-20(19)25)30(27,28)18-10-8-17(22)9-11-18/h6-8,10-13,17,23H,4-5,9,14-16,18H2,1-3H3,(H,29,34)(H,30,33);4-6,8-11,13,19H,2-3,7,12,14H2,1H3,(H,23,25). The minimum Gasteiger partial charge on any atom is -0.465 e. The number of esters is 2. The molecule has 4 aromatic rings. The summed E-state index contributed by atoms with van der Waals surface area (Å²) in [7, 11) is -6.80. The summed E-state index contributed by atoms with van der Waals surface area (Å²) in [5.41, 5.74) is 1.12. The van der Waals surface area contributed by atoms with Gasteiger partial charge < -0.3 is 25.4 Å². The molecule has 20 heteroatoms. The van der Waals surface area contributed by atoms with Crippen LogP contribution in [0.2, 0.25) is 10.0 Å². The average Bonchev–Trinajstić information content (AvgIpc) is 3.65. The van der Waals surface area contributed by atoms with Gasteiger partial charge in [0.25, 0.3) is 5.91 Å². The van der Waals surface area contributed by atoms with Crippen molar-refractivity contribution >= 4 is 72.9 Å². The number of nitrogens with one attached hydrogen (secondary N) is 3. The van der Waals surface area contributed by atoms with Crippen LogP contribution in [-0.4, -0.2) is 99.5 Å². The number of halogens is 2. The van der Waals surface area contributed by atoms with Crippen molar-refractivity contribution in [2.45, 2.75) is 106 Å². The number of hydrogen-bond donors (Lipinski definition) is 3. The molecule has 2 fully saturated rings. The Morgan fingerprint density at radius 1 is 0.676 bits per heavy atom. The number of amides is 3. The molecule has 6 rings (SSSR count). The highest BCUT2D eigenvalue weighted by molar-refractivity contribution is 7.89. The van der Waals surface area contributed by atoms with E-state index in [0.717, 1.165) is 19.3 Å². The fourth-order valence-electron chi connectivity index (χ4n) is 7.46. The third kappa shape index (κ3) is 15.1. The van der Waals surface area contributed by atoms with Crippen LogP contribution < -0.4 is 16.0 Å². The van der Waals surface area contributed by atoms with E-state index in [0.29, 0.717) is 64.7 Å². The second-order valence-electron chi connectivity index (χ2n) is 17.1. The van der Waals surface area contributed by atoms with Crippen LogP contribution in [0.3, 0.4) is 0 Å². The zero-order valence-corrected chi connectivity index (χ0v) is 41.5. The molecule has 16 nitrogen and oxygen atoms in total. The van der Waals surface area contributed by atoms with Crippen molar-refractivity contribution in [1.82, 2.24) is 24.6 Å². The summed E-state index contributed by atoms with van der Waals surface area (Å²) in [5, 5.41) is 9.09. The summed E-state index contributed by atoms with van der Waals surface area (Å²) in [5.74, 6) is -2.02. The van der Waals surface area contributed by atoms with Crippen LogP contribution >= 0.6 is 23.2 Å². The SMILES string of the molecule is CC(C)(C)OC(=O)CCNC(=O)c1cccc(CN(C2CCCCNC2=O)S(=O)(=O)c2ccc(Cl)cc2)c1.COC(=O)c1cccc(CN(C2CCCCNC2=O)S(=O)(=O)c2ccc(Cl)cc2)c1. The molecular formula is C48H57Cl2N5O11S2. The molecule has 2 aliphatic heterocycles. The van der Waals surface area contributed by atoms with Gasteiger partial charge in [0, 0.05) is 48.3 Å². The van der Waals surface area contributed by atoms with Crippen LogP contribution in [0.5, 0.6) is 0 Å². The second-order valence-corrected chi connectivity index (χ2v) is 21.8. The molecule has 2 heterocycles. The fourth-order valence-corrected chi connectivity index (χ4v) is 10.9. The first kappa shape index (κ1) is 53.6. The highest BCUT2D eigenvalue weighted by Gasteiger charge is 2.38. The number of carbonyl (C=O) groups excluding carboxylic acids is 5. The Labute approximate surface area is 408 Å². The summed E-state index contributed by atoms with van der Waals surface area (Å²) in [6.07, 6.45) is 3.77. The Kier molecular flexibility index (Phi) is 19.1. The summed E-state index contributed by atoms with van der Waals surface area (Å²) in [4.78, 5) is 62.1.